The zero-order valence-electron chi connectivity index (χ0n) is 17.9. The molecule has 3 atom stereocenters. The van der Waals surface area contributed by atoms with Crippen molar-refractivity contribution in [2.75, 3.05) is 20.2 Å². The van der Waals surface area contributed by atoms with Gasteiger partial charge in [0.05, 0.1) is 7.11 Å². The lowest BCUT2D eigenvalue weighted by atomic mass is 10.1. The minimum atomic E-state index is -1.40. The van der Waals surface area contributed by atoms with Gasteiger partial charge >= 0.3 is 12.2 Å². The summed E-state index contributed by atoms with van der Waals surface area (Å²) in [7, 11) is 1.21. The molecule has 0 aromatic heterocycles. The number of hydrogen-bond donors (Lipinski definition) is 2. The molecule has 11 nitrogen and oxygen atoms in total. The second-order valence-electron chi connectivity index (χ2n) is 7.59. The normalized spacial score (nSPS) is 22.2. The number of fused-ring (bicyclic) bond motifs is 1. The molecular weight excluding hydrogens is 420 g/mol. The number of amides is 5. The summed E-state index contributed by atoms with van der Waals surface area (Å²) in [6, 6.07) is 6.31. The van der Waals surface area contributed by atoms with E-state index < -0.39 is 48.2 Å². The van der Waals surface area contributed by atoms with E-state index in [9.17, 15) is 29.1 Å². The van der Waals surface area contributed by atoms with Crippen LogP contribution in [0, 0.1) is 0 Å². The van der Waals surface area contributed by atoms with E-state index in [1.165, 1.54) is 16.9 Å². The van der Waals surface area contributed by atoms with Crippen molar-refractivity contribution in [2.45, 2.75) is 44.4 Å². The maximum atomic E-state index is 13.2. The van der Waals surface area contributed by atoms with Crippen molar-refractivity contribution in [1.82, 2.24) is 20.0 Å². The summed E-state index contributed by atoms with van der Waals surface area (Å²) in [5.41, 5.74) is 0.364. The van der Waals surface area contributed by atoms with Gasteiger partial charge in [-0.25, -0.2) is 14.5 Å². The third-order valence-electron chi connectivity index (χ3n) is 5.64. The van der Waals surface area contributed by atoms with Crippen molar-refractivity contribution >= 4 is 29.9 Å². The van der Waals surface area contributed by atoms with E-state index in [0.717, 1.165) is 0 Å². The highest BCUT2D eigenvalue weighted by Crippen LogP contribution is 2.32. The number of carboxylic acid groups (broad SMARTS) is 1. The number of imide groups is 1. The molecule has 1 aromatic rings. The summed E-state index contributed by atoms with van der Waals surface area (Å²) in [5, 5.41) is 12.1. The first-order valence-electron chi connectivity index (χ1n) is 10.4. The highest BCUT2D eigenvalue weighted by atomic mass is 16.5. The van der Waals surface area contributed by atoms with Crippen molar-refractivity contribution < 1.29 is 33.8 Å². The molecule has 172 valence electrons. The van der Waals surface area contributed by atoms with Crippen molar-refractivity contribution in [1.29, 1.82) is 0 Å². The summed E-state index contributed by atoms with van der Waals surface area (Å²) in [4.78, 5) is 66.0. The van der Waals surface area contributed by atoms with Gasteiger partial charge < -0.3 is 20.1 Å². The number of carbonyl (C=O) groups excluding carboxylic acids is 4. The number of rotatable bonds is 5. The van der Waals surface area contributed by atoms with Gasteiger partial charge in [0, 0.05) is 25.1 Å². The van der Waals surface area contributed by atoms with Gasteiger partial charge in [0.2, 0.25) is 5.91 Å². The zero-order chi connectivity index (χ0) is 23.4. The predicted molar refractivity (Wildman–Crippen MR) is 110 cm³/mol. The van der Waals surface area contributed by atoms with Crippen molar-refractivity contribution in [2.24, 2.45) is 0 Å². The number of nitrogens with zero attached hydrogens (tertiary/aromatic N) is 3. The first-order valence-corrected chi connectivity index (χ1v) is 10.4. The third-order valence-corrected chi connectivity index (χ3v) is 5.64. The van der Waals surface area contributed by atoms with E-state index in [1.807, 2.05) is 0 Å². The molecule has 2 aliphatic rings. The number of nitrogens with one attached hydrogen (secondary N) is 1. The third kappa shape index (κ3) is 4.36. The Balaban J connectivity index is 1.87. The summed E-state index contributed by atoms with van der Waals surface area (Å²) in [6.07, 6.45) is -2.37. The number of carbonyl (C=O) groups is 5. The quantitative estimate of drug-likeness (QED) is 0.691. The van der Waals surface area contributed by atoms with Gasteiger partial charge in [0.25, 0.3) is 11.8 Å². The molecule has 1 aromatic carbocycles. The molecule has 3 rings (SSSR count). The largest absolute Gasteiger partial charge is 0.465 e. The Labute approximate surface area is 184 Å². The molecule has 0 radical (unpaired) electrons. The van der Waals surface area contributed by atoms with Gasteiger partial charge in [-0.05, 0) is 25.0 Å². The molecule has 2 saturated heterocycles. The monoisotopic (exact) mass is 446 g/mol. The van der Waals surface area contributed by atoms with Crippen LogP contribution >= 0.6 is 0 Å². The maximum Gasteiger partial charge on any atom is 0.414 e. The predicted octanol–water partition coefficient (Wildman–Crippen LogP) is 1.10. The van der Waals surface area contributed by atoms with Crippen LogP contribution in [0.5, 0.6) is 0 Å². The van der Waals surface area contributed by atoms with Crippen LogP contribution in [0.15, 0.2) is 30.3 Å². The molecule has 0 spiro atoms. The molecule has 2 heterocycles. The Morgan fingerprint density at radius 1 is 1.22 bits per heavy atom. The summed E-state index contributed by atoms with van der Waals surface area (Å²) < 4.78 is 4.81. The Hall–Kier alpha value is -3.63. The molecule has 5 amide bonds. The fourth-order valence-electron chi connectivity index (χ4n) is 4.17. The van der Waals surface area contributed by atoms with Crippen LogP contribution in [0.1, 0.15) is 36.5 Å². The fourth-order valence-corrected chi connectivity index (χ4v) is 4.17. The standard InChI is InChI=1S/C21H26N4O7/c1-3-10-24(20(29)30)19(28)15-9-11-23(21(31)32-2)16-12-14(18(27)25(15)16)22-17(26)13-7-5-4-6-8-13/h4-8,14-16H,3,9-12H2,1-2H3,(H,22,26)(H,29,30). The Kier molecular flexibility index (Phi) is 6.96. The van der Waals surface area contributed by atoms with Gasteiger partial charge in [-0.2, -0.15) is 0 Å². The van der Waals surface area contributed by atoms with E-state index in [1.54, 1.807) is 37.3 Å². The fraction of sp³-hybridized carbons (Fsp3) is 0.476. The topological polar surface area (TPSA) is 137 Å². The van der Waals surface area contributed by atoms with E-state index in [4.69, 9.17) is 4.74 Å². The van der Waals surface area contributed by atoms with E-state index >= 15 is 0 Å². The number of methoxy groups -OCH3 is 1. The lowest BCUT2D eigenvalue weighted by Crippen LogP contribution is -2.63. The molecule has 2 fully saturated rings. The van der Waals surface area contributed by atoms with E-state index in [0.29, 0.717) is 16.9 Å². The Morgan fingerprint density at radius 3 is 2.50 bits per heavy atom. The molecule has 2 N–H and O–H groups in total. The maximum absolute atomic E-state index is 13.2. The SMILES string of the molecule is CCCN(C(=O)O)C(=O)C1CCN(C(=O)OC)C2CC(NC(=O)c3ccccc3)C(=O)N12. The summed E-state index contributed by atoms with van der Waals surface area (Å²) in [6.45, 7) is 1.84. The van der Waals surface area contributed by atoms with Gasteiger partial charge in [-0.1, -0.05) is 25.1 Å². The first kappa shape index (κ1) is 23.0. The Morgan fingerprint density at radius 2 is 1.91 bits per heavy atom. The second kappa shape index (κ2) is 9.67. The molecule has 32 heavy (non-hydrogen) atoms. The van der Waals surface area contributed by atoms with Gasteiger partial charge in [-0.3, -0.25) is 19.3 Å². The van der Waals surface area contributed by atoms with Crippen LogP contribution in [-0.2, 0) is 14.3 Å². The minimum absolute atomic E-state index is 0.00769. The average Bonchev–Trinajstić information content (AvgIpc) is 3.12. The van der Waals surface area contributed by atoms with E-state index in [2.05, 4.69) is 5.32 Å². The lowest BCUT2D eigenvalue weighted by molar-refractivity contribution is -0.150. The van der Waals surface area contributed by atoms with Crippen LogP contribution in [0.4, 0.5) is 9.59 Å². The highest BCUT2D eigenvalue weighted by Gasteiger charge is 2.53. The van der Waals surface area contributed by atoms with Crippen LogP contribution in [0.3, 0.4) is 0 Å². The van der Waals surface area contributed by atoms with Crippen molar-refractivity contribution in [3.8, 4) is 0 Å². The van der Waals surface area contributed by atoms with Crippen LogP contribution < -0.4 is 5.32 Å². The molecule has 3 unspecified atom stereocenters. The zero-order valence-corrected chi connectivity index (χ0v) is 17.9. The number of ether oxygens (including phenoxy) is 1. The minimum Gasteiger partial charge on any atom is -0.465 e. The second-order valence-corrected chi connectivity index (χ2v) is 7.59. The Bertz CT molecular complexity index is 907. The average molecular weight is 446 g/mol. The van der Waals surface area contributed by atoms with E-state index in [-0.39, 0.29) is 25.9 Å². The summed E-state index contributed by atoms with van der Waals surface area (Å²) in [5.74, 6) is -1.74. The van der Waals surface area contributed by atoms with Crippen LogP contribution in [0.2, 0.25) is 0 Å². The van der Waals surface area contributed by atoms with Crippen molar-refractivity contribution in [3.05, 3.63) is 35.9 Å². The van der Waals surface area contributed by atoms with Crippen LogP contribution in [0.25, 0.3) is 0 Å². The first-order chi connectivity index (χ1) is 15.3. The van der Waals surface area contributed by atoms with Crippen molar-refractivity contribution in [3.63, 3.8) is 0 Å². The number of hydrogen-bond acceptors (Lipinski definition) is 6. The smallest absolute Gasteiger partial charge is 0.414 e. The molecular formula is C21H26N4O7. The van der Waals surface area contributed by atoms with Gasteiger partial charge in [-0.15, -0.1) is 0 Å². The van der Waals surface area contributed by atoms with Crippen LogP contribution in [-0.4, -0.2) is 88.2 Å². The highest BCUT2D eigenvalue weighted by molar-refractivity contribution is 6.01. The summed E-state index contributed by atoms with van der Waals surface area (Å²) >= 11 is 0. The number of benzene rings is 1. The molecule has 0 saturated carbocycles. The van der Waals surface area contributed by atoms with Gasteiger partial charge in [0.1, 0.15) is 18.2 Å². The molecule has 11 heteroatoms. The van der Waals surface area contributed by atoms with Gasteiger partial charge in [0.15, 0.2) is 0 Å². The lowest BCUT2D eigenvalue weighted by Gasteiger charge is -2.43. The molecule has 2 aliphatic heterocycles. The molecule has 0 aliphatic carbocycles. The molecule has 0 bridgehead atoms.